The summed E-state index contributed by atoms with van der Waals surface area (Å²) in [6.45, 7) is 2.96. The second kappa shape index (κ2) is 6.15. The van der Waals surface area contributed by atoms with Crippen LogP contribution in [0.3, 0.4) is 0 Å². The minimum absolute atomic E-state index is 0.213. The normalized spacial score (nSPS) is 27.2. The van der Waals surface area contributed by atoms with E-state index in [0.717, 1.165) is 25.1 Å². The first kappa shape index (κ1) is 16.6. The van der Waals surface area contributed by atoms with Crippen molar-refractivity contribution < 1.29 is 17.9 Å². The van der Waals surface area contributed by atoms with Crippen molar-refractivity contribution >= 4 is 0 Å². The number of hydrogen-bond acceptors (Lipinski definition) is 2. The molecule has 25 heavy (non-hydrogen) atoms. The largest absolute Gasteiger partial charge is 0.416 e. The van der Waals surface area contributed by atoms with Crippen molar-refractivity contribution in [1.29, 1.82) is 0 Å². The fourth-order valence-electron chi connectivity index (χ4n) is 4.09. The van der Waals surface area contributed by atoms with E-state index in [9.17, 15) is 13.2 Å². The van der Waals surface area contributed by atoms with E-state index in [4.69, 9.17) is 4.74 Å². The lowest BCUT2D eigenvalue weighted by molar-refractivity contribution is -0.137. The molecule has 2 aromatic carbocycles. The molecule has 0 unspecified atom stereocenters. The SMILES string of the molecule is FC(F)(F)c1ccc([C@@]2(N3CCOCC3)C[C@@H]2c2ccccc2)cc1. The summed E-state index contributed by atoms with van der Waals surface area (Å²) in [5.41, 5.74) is 1.41. The molecule has 1 aliphatic carbocycles. The van der Waals surface area contributed by atoms with Crippen molar-refractivity contribution in [3.8, 4) is 0 Å². The van der Waals surface area contributed by atoms with Gasteiger partial charge in [-0.3, -0.25) is 4.90 Å². The highest BCUT2D eigenvalue weighted by atomic mass is 19.4. The maximum Gasteiger partial charge on any atom is 0.416 e. The number of benzene rings is 2. The topological polar surface area (TPSA) is 12.5 Å². The third-order valence-electron chi connectivity index (χ3n) is 5.42. The van der Waals surface area contributed by atoms with E-state index in [1.165, 1.54) is 17.7 Å². The summed E-state index contributed by atoms with van der Waals surface area (Å²) in [5.74, 6) is 0.309. The highest BCUT2D eigenvalue weighted by Gasteiger charge is 2.59. The summed E-state index contributed by atoms with van der Waals surface area (Å²) in [6, 6.07) is 16.0. The van der Waals surface area contributed by atoms with E-state index < -0.39 is 11.7 Å². The van der Waals surface area contributed by atoms with Gasteiger partial charge in [0.15, 0.2) is 0 Å². The van der Waals surface area contributed by atoms with Gasteiger partial charge in [-0.15, -0.1) is 0 Å². The molecule has 1 saturated carbocycles. The molecule has 0 aromatic heterocycles. The maximum absolute atomic E-state index is 12.9. The van der Waals surface area contributed by atoms with Crippen molar-refractivity contribution in [2.45, 2.75) is 24.1 Å². The Kier molecular flexibility index (Phi) is 4.08. The molecule has 0 radical (unpaired) electrons. The van der Waals surface area contributed by atoms with Gasteiger partial charge < -0.3 is 4.74 Å². The van der Waals surface area contributed by atoms with Gasteiger partial charge in [-0.2, -0.15) is 13.2 Å². The van der Waals surface area contributed by atoms with Crippen molar-refractivity contribution in [1.82, 2.24) is 4.90 Å². The van der Waals surface area contributed by atoms with Crippen LogP contribution in [0.5, 0.6) is 0 Å². The minimum Gasteiger partial charge on any atom is -0.379 e. The number of ether oxygens (including phenoxy) is 1. The number of hydrogen-bond donors (Lipinski definition) is 0. The molecule has 0 amide bonds. The summed E-state index contributed by atoms with van der Waals surface area (Å²) in [6.07, 6.45) is -3.37. The number of alkyl halides is 3. The summed E-state index contributed by atoms with van der Waals surface area (Å²) in [5, 5.41) is 0. The van der Waals surface area contributed by atoms with Crippen LogP contribution in [0.25, 0.3) is 0 Å². The Morgan fingerprint density at radius 2 is 1.56 bits per heavy atom. The number of rotatable bonds is 3. The van der Waals surface area contributed by atoms with Crippen LogP contribution in [0, 0.1) is 0 Å². The molecule has 2 nitrogen and oxygen atoms in total. The Labute approximate surface area is 145 Å². The lowest BCUT2D eigenvalue weighted by Gasteiger charge is -2.36. The van der Waals surface area contributed by atoms with E-state index in [1.807, 2.05) is 18.2 Å². The first-order valence-corrected chi connectivity index (χ1v) is 8.57. The molecule has 132 valence electrons. The highest BCUT2D eigenvalue weighted by molar-refractivity contribution is 5.43. The van der Waals surface area contributed by atoms with Gasteiger partial charge in [-0.05, 0) is 29.7 Å². The van der Waals surface area contributed by atoms with Gasteiger partial charge >= 0.3 is 6.18 Å². The summed E-state index contributed by atoms with van der Waals surface area (Å²) in [4.78, 5) is 2.39. The molecule has 1 saturated heterocycles. The molecule has 2 aromatic rings. The van der Waals surface area contributed by atoms with Crippen LogP contribution in [0.4, 0.5) is 13.2 Å². The van der Waals surface area contributed by atoms with Crippen LogP contribution in [0.2, 0.25) is 0 Å². The third kappa shape index (κ3) is 2.96. The van der Waals surface area contributed by atoms with E-state index in [1.54, 1.807) is 12.1 Å². The quantitative estimate of drug-likeness (QED) is 0.815. The smallest absolute Gasteiger partial charge is 0.379 e. The Hall–Kier alpha value is -1.85. The summed E-state index contributed by atoms with van der Waals surface area (Å²) < 4.78 is 44.2. The van der Waals surface area contributed by atoms with Crippen molar-refractivity contribution in [3.63, 3.8) is 0 Å². The predicted molar refractivity (Wildman–Crippen MR) is 89.3 cm³/mol. The Morgan fingerprint density at radius 1 is 0.920 bits per heavy atom. The fraction of sp³-hybridized carbons (Fsp3) is 0.400. The van der Waals surface area contributed by atoms with Gasteiger partial charge in [0.05, 0.1) is 24.3 Å². The molecule has 0 bridgehead atoms. The number of halogens is 3. The third-order valence-corrected chi connectivity index (χ3v) is 5.42. The monoisotopic (exact) mass is 347 g/mol. The predicted octanol–water partition coefficient (Wildman–Crippen LogP) is 4.42. The van der Waals surface area contributed by atoms with Crippen LogP contribution in [0.15, 0.2) is 54.6 Å². The van der Waals surface area contributed by atoms with E-state index in [0.29, 0.717) is 19.1 Å². The van der Waals surface area contributed by atoms with Crippen LogP contribution in [-0.2, 0) is 16.5 Å². The average Bonchev–Trinajstić information content (AvgIpc) is 3.40. The van der Waals surface area contributed by atoms with Gasteiger partial charge in [-0.25, -0.2) is 0 Å². The van der Waals surface area contributed by atoms with Crippen LogP contribution >= 0.6 is 0 Å². The van der Waals surface area contributed by atoms with E-state index >= 15 is 0 Å². The molecule has 5 heteroatoms. The first-order chi connectivity index (χ1) is 12.0. The molecule has 0 N–H and O–H groups in total. The number of nitrogens with zero attached hydrogens (tertiary/aromatic N) is 1. The molecular formula is C20H20F3NO. The van der Waals surface area contributed by atoms with E-state index in [-0.39, 0.29) is 5.54 Å². The van der Waals surface area contributed by atoms with Gasteiger partial charge in [0.2, 0.25) is 0 Å². The van der Waals surface area contributed by atoms with Gasteiger partial charge in [-0.1, -0.05) is 42.5 Å². The summed E-state index contributed by atoms with van der Waals surface area (Å²) >= 11 is 0. The Morgan fingerprint density at radius 3 is 2.16 bits per heavy atom. The van der Waals surface area contributed by atoms with Gasteiger partial charge in [0.25, 0.3) is 0 Å². The lowest BCUT2D eigenvalue weighted by Crippen LogP contribution is -2.44. The standard InChI is InChI=1S/C20H20F3NO/c21-20(22,23)17-8-6-16(7-9-17)19(24-10-12-25-13-11-24)14-18(19)15-4-2-1-3-5-15/h1-9,18H,10-14H2/t18-,19+/m1/s1. The molecule has 1 aliphatic heterocycles. The summed E-state index contributed by atoms with van der Waals surface area (Å²) in [7, 11) is 0. The van der Waals surface area contributed by atoms with Crippen molar-refractivity contribution in [3.05, 3.63) is 71.3 Å². The maximum atomic E-state index is 12.9. The van der Waals surface area contributed by atoms with E-state index in [2.05, 4.69) is 17.0 Å². The fourth-order valence-corrected chi connectivity index (χ4v) is 4.09. The van der Waals surface area contributed by atoms with Crippen molar-refractivity contribution in [2.75, 3.05) is 26.3 Å². The molecule has 1 heterocycles. The van der Waals surface area contributed by atoms with Crippen LogP contribution in [-0.4, -0.2) is 31.2 Å². The zero-order valence-electron chi connectivity index (χ0n) is 13.8. The molecule has 2 aliphatic rings. The average molecular weight is 347 g/mol. The second-order valence-corrected chi connectivity index (χ2v) is 6.77. The molecule has 0 spiro atoms. The zero-order chi connectivity index (χ0) is 17.5. The zero-order valence-corrected chi connectivity index (χ0v) is 13.8. The molecule has 2 fully saturated rings. The second-order valence-electron chi connectivity index (χ2n) is 6.77. The first-order valence-electron chi connectivity index (χ1n) is 8.57. The minimum atomic E-state index is -4.30. The molecule has 2 atom stereocenters. The Balaban J connectivity index is 1.70. The van der Waals surface area contributed by atoms with Crippen LogP contribution < -0.4 is 0 Å². The molecule has 4 rings (SSSR count). The highest BCUT2D eigenvalue weighted by Crippen LogP contribution is 2.62. The van der Waals surface area contributed by atoms with Crippen molar-refractivity contribution in [2.24, 2.45) is 0 Å². The van der Waals surface area contributed by atoms with Gasteiger partial charge in [0.1, 0.15) is 0 Å². The molecular weight excluding hydrogens is 327 g/mol. The number of morpholine rings is 1. The Bertz CT molecular complexity index is 723. The lowest BCUT2D eigenvalue weighted by atomic mass is 9.95. The van der Waals surface area contributed by atoms with Gasteiger partial charge in [0, 0.05) is 19.0 Å². The van der Waals surface area contributed by atoms with Crippen LogP contribution in [0.1, 0.15) is 29.0 Å².